The van der Waals surface area contributed by atoms with Gasteiger partial charge < -0.3 is 19.3 Å². The highest BCUT2D eigenvalue weighted by molar-refractivity contribution is 7.85. The number of anilines is 1. The Bertz CT molecular complexity index is 1920. The van der Waals surface area contributed by atoms with Gasteiger partial charge >= 0.3 is 17.8 Å². The van der Waals surface area contributed by atoms with Crippen LogP contribution in [0.4, 0.5) is 23.6 Å². The average molecular weight is 636 g/mol. The number of aryl methyl sites for hydroxylation is 1. The lowest BCUT2D eigenvalue weighted by atomic mass is 10.0. The molecular weight excluding hydrogens is 610 g/mol. The Balaban J connectivity index is 0.000000339. The van der Waals surface area contributed by atoms with E-state index < -0.39 is 45.6 Å². The number of hydrogen-bond donors (Lipinski definition) is 3. The van der Waals surface area contributed by atoms with E-state index in [1.807, 2.05) is 6.92 Å². The number of halogens is 4. The first kappa shape index (κ1) is 32.3. The van der Waals surface area contributed by atoms with Crippen molar-refractivity contribution in [1.29, 1.82) is 0 Å². The van der Waals surface area contributed by atoms with Crippen LogP contribution < -0.4 is 10.9 Å². The quantitative estimate of drug-likeness (QED) is 0.110. The first-order chi connectivity index (χ1) is 20.6. The number of alkyl halides is 3. The van der Waals surface area contributed by atoms with Crippen molar-refractivity contribution in [2.75, 3.05) is 5.32 Å². The normalized spacial score (nSPS) is 13.2. The summed E-state index contributed by atoms with van der Waals surface area (Å²) in [7, 11) is -4.02. The fraction of sp³-hybridized carbons (Fsp3) is 0.207. The van der Waals surface area contributed by atoms with Gasteiger partial charge in [-0.2, -0.15) is 21.6 Å². The number of nitrogens with zero attached hydrogens (tertiary/aromatic N) is 2. The van der Waals surface area contributed by atoms with Crippen molar-refractivity contribution in [2.24, 2.45) is 0 Å². The minimum absolute atomic E-state index is 0.0542. The molecule has 0 fully saturated rings. The van der Waals surface area contributed by atoms with Gasteiger partial charge in [0.15, 0.2) is 0 Å². The highest BCUT2D eigenvalue weighted by Crippen LogP contribution is 2.41. The van der Waals surface area contributed by atoms with Crippen molar-refractivity contribution in [1.82, 2.24) is 10.2 Å². The molecule has 3 N–H and O–H groups in total. The molecule has 3 aromatic carbocycles. The Morgan fingerprint density at radius 1 is 0.932 bits per heavy atom. The molecule has 2 heterocycles. The fourth-order valence-electron chi connectivity index (χ4n) is 4.01. The molecule has 0 spiro atoms. The Morgan fingerprint density at radius 2 is 1.59 bits per heavy atom. The van der Waals surface area contributed by atoms with Crippen LogP contribution in [-0.2, 0) is 22.3 Å². The van der Waals surface area contributed by atoms with E-state index in [4.69, 9.17) is 13.4 Å². The van der Waals surface area contributed by atoms with Crippen molar-refractivity contribution in [3.63, 3.8) is 0 Å². The zero-order valence-corrected chi connectivity index (χ0v) is 23.9. The Labute approximate surface area is 247 Å². The SMILES string of the molecule is CCC(O)(c1nnc(NCc2ccc3c(-c4ccc(F)cc4)cc(=O)oc3c2)o1)C(F)(F)F.Cc1ccc(S(=O)(=O)O)cc1. The van der Waals surface area contributed by atoms with E-state index >= 15 is 0 Å². The third-order valence-corrected chi connectivity index (χ3v) is 7.35. The molecule has 0 bridgehead atoms. The molecule has 0 saturated carbocycles. The lowest BCUT2D eigenvalue weighted by Gasteiger charge is -2.25. The van der Waals surface area contributed by atoms with Gasteiger partial charge in [0.1, 0.15) is 11.4 Å². The van der Waals surface area contributed by atoms with Crippen LogP contribution in [0.1, 0.15) is 30.4 Å². The minimum Gasteiger partial charge on any atom is -0.423 e. The fourth-order valence-corrected chi connectivity index (χ4v) is 4.49. The average Bonchev–Trinajstić information content (AvgIpc) is 3.44. The zero-order valence-electron chi connectivity index (χ0n) is 23.1. The minimum atomic E-state index is -4.98. The maximum atomic E-state index is 13.2. The van der Waals surface area contributed by atoms with Crippen molar-refractivity contribution in [2.45, 2.75) is 43.5 Å². The molecule has 0 radical (unpaired) electrons. The molecule has 0 aliphatic rings. The van der Waals surface area contributed by atoms with Crippen LogP contribution in [0, 0.1) is 12.7 Å². The van der Waals surface area contributed by atoms with E-state index in [2.05, 4.69) is 15.5 Å². The first-order valence-electron chi connectivity index (χ1n) is 12.8. The first-order valence-corrected chi connectivity index (χ1v) is 14.3. The van der Waals surface area contributed by atoms with Gasteiger partial charge in [-0.15, -0.1) is 5.10 Å². The van der Waals surface area contributed by atoms with Crippen molar-refractivity contribution in [3.05, 3.63) is 106 Å². The topological polar surface area (TPSA) is 156 Å². The van der Waals surface area contributed by atoms with Crippen LogP contribution in [0.3, 0.4) is 0 Å². The predicted octanol–water partition coefficient (Wildman–Crippen LogP) is 6.00. The van der Waals surface area contributed by atoms with Gasteiger partial charge in [0.2, 0.25) is 5.60 Å². The third-order valence-electron chi connectivity index (χ3n) is 6.49. The molecule has 5 rings (SSSR count). The maximum absolute atomic E-state index is 13.2. The Morgan fingerprint density at radius 3 is 2.18 bits per heavy atom. The van der Waals surface area contributed by atoms with Gasteiger partial charge in [-0.25, -0.2) is 9.18 Å². The molecule has 15 heteroatoms. The van der Waals surface area contributed by atoms with E-state index in [9.17, 15) is 35.9 Å². The van der Waals surface area contributed by atoms with Crippen LogP contribution in [0.5, 0.6) is 0 Å². The molecule has 0 aliphatic carbocycles. The molecule has 44 heavy (non-hydrogen) atoms. The summed E-state index contributed by atoms with van der Waals surface area (Å²) in [6.45, 7) is 3.04. The van der Waals surface area contributed by atoms with Gasteiger partial charge in [-0.1, -0.05) is 54.0 Å². The summed E-state index contributed by atoms with van der Waals surface area (Å²) >= 11 is 0. The summed E-state index contributed by atoms with van der Waals surface area (Å²) in [5.41, 5.74) is -0.826. The maximum Gasteiger partial charge on any atom is 0.426 e. The number of rotatable bonds is 7. The lowest BCUT2D eigenvalue weighted by molar-refractivity contribution is -0.275. The molecular formula is C29H25F4N3O7S. The summed E-state index contributed by atoms with van der Waals surface area (Å²) in [5.74, 6) is -1.37. The summed E-state index contributed by atoms with van der Waals surface area (Å²) in [6, 6.07) is 17.6. The molecule has 0 aliphatic heterocycles. The third kappa shape index (κ3) is 7.30. The summed E-state index contributed by atoms with van der Waals surface area (Å²) < 4.78 is 92.5. The number of hydrogen-bond acceptors (Lipinski definition) is 9. The monoisotopic (exact) mass is 635 g/mol. The van der Waals surface area contributed by atoms with E-state index in [-0.39, 0.29) is 23.0 Å². The van der Waals surface area contributed by atoms with Crippen LogP contribution in [0.15, 0.2) is 91.3 Å². The molecule has 232 valence electrons. The van der Waals surface area contributed by atoms with Crippen molar-refractivity contribution < 1.29 is 44.5 Å². The second kappa shape index (κ2) is 12.6. The highest BCUT2D eigenvalue weighted by atomic mass is 32.2. The number of aromatic nitrogens is 2. The van der Waals surface area contributed by atoms with Crippen LogP contribution >= 0.6 is 0 Å². The van der Waals surface area contributed by atoms with E-state index in [0.717, 1.165) is 12.5 Å². The summed E-state index contributed by atoms with van der Waals surface area (Å²) in [6.07, 6.45) is -5.68. The zero-order chi connectivity index (χ0) is 32.3. The molecule has 0 saturated heterocycles. The smallest absolute Gasteiger partial charge is 0.423 e. The molecule has 0 amide bonds. The van der Waals surface area contributed by atoms with E-state index in [1.165, 1.54) is 30.3 Å². The van der Waals surface area contributed by atoms with Crippen molar-refractivity contribution in [3.8, 4) is 11.1 Å². The Hall–Kier alpha value is -4.60. The second-order valence-corrected chi connectivity index (χ2v) is 11.0. The number of nitrogens with one attached hydrogen (secondary N) is 1. The lowest BCUT2D eigenvalue weighted by Crippen LogP contribution is -2.42. The van der Waals surface area contributed by atoms with Crippen LogP contribution in [0.25, 0.3) is 22.1 Å². The van der Waals surface area contributed by atoms with Crippen LogP contribution in [0.2, 0.25) is 0 Å². The molecule has 2 aromatic heterocycles. The number of fused-ring (bicyclic) bond motifs is 1. The molecule has 1 atom stereocenters. The standard InChI is InChI=1S/C22H17F4N3O4.C7H8O3S/c1-2-21(31,22(24,25)26)19-28-29-20(33-19)27-11-12-3-8-15-16(10-18(30)32-17(15)9-12)13-4-6-14(23)7-5-13;1-6-2-4-7(5-3-6)11(8,9)10/h3-10,31H,2,11H2,1H3,(H,27,29);2-5H,1H3,(H,8,9,10). The van der Waals surface area contributed by atoms with Gasteiger partial charge in [0.05, 0.1) is 4.90 Å². The molecule has 10 nitrogen and oxygen atoms in total. The molecule has 1 unspecified atom stereocenters. The largest absolute Gasteiger partial charge is 0.426 e. The van der Waals surface area contributed by atoms with Gasteiger partial charge in [-0.3, -0.25) is 4.55 Å². The van der Waals surface area contributed by atoms with E-state index in [0.29, 0.717) is 22.1 Å². The van der Waals surface area contributed by atoms with E-state index in [1.54, 1.807) is 42.5 Å². The summed E-state index contributed by atoms with van der Waals surface area (Å²) in [4.78, 5) is 12.0. The highest BCUT2D eigenvalue weighted by Gasteiger charge is 2.57. The number of benzene rings is 3. The summed E-state index contributed by atoms with van der Waals surface area (Å²) in [5, 5.41) is 20.0. The Kier molecular flexibility index (Phi) is 9.22. The van der Waals surface area contributed by atoms with Gasteiger partial charge in [0.25, 0.3) is 16.0 Å². The molecule has 5 aromatic rings. The predicted molar refractivity (Wildman–Crippen MR) is 151 cm³/mol. The number of aliphatic hydroxyl groups is 1. The van der Waals surface area contributed by atoms with Gasteiger partial charge in [-0.05, 0) is 60.4 Å². The van der Waals surface area contributed by atoms with Gasteiger partial charge in [0, 0.05) is 18.0 Å². The second-order valence-electron chi connectivity index (χ2n) is 9.58. The van der Waals surface area contributed by atoms with Crippen LogP contribution in [-0.4, -0.2) is 34.5 Å². The van der Waals surface area contributed by atoms with Crippen molar-refractivity contribution >= 4 is 27.1 Å².